The second kappa shape index (κ2) is 9.79. The van der Waals surface area contributed by atoms with Crippen molar-refractivity contribution in [2.45, 2.75) is 44.5 Å². The van der Waals surface area contributed by atoms with E-state index in [1.54, 1.807) is 13.8 Å². The topological polar surface area (TPSA) is 176 Å². The van der Waals surface area contributed by atoms with Gasteiger partial charge in [-0.15, -0.1) is 0 Å². The second-order valence-corrected chi connectivity index (χ2v) is 10.2. The second-order valence-electron chi connectivity index (χ2n) is 6.99. The van der Waals surface area contributed by atoms with E-state index in [1.807, 2.05) is 0 Å². The third-order valence-electron chi connectivity index (χ3n) is 4.40. The van der Waals surface area contributed by atoms with E-state index < -0.39 is 37.2 Å². The molecule has 1 aliphatic heterocycles. The van der Waals surface area contributed by atoms with Gasteiger partial charge in [-0.2, -0.15) is 0 Å². The number of nitrogens with two attached hydrogens (primary N) is 1. The Morgan fingerprint density at radius 3 is 2.81 bits per heavy atom. The number of methoxy groups -OCH3 is 1. The van der Waals surface area contributed by atoms with Crippen molar-refractivity contribution in [3.63, 3.8) is 0 Å². The lowest BCUT2D eigenvalue weighted by Crippen LogP contribution is -2.34. The van der Waals surface area contributed by atoms with Gasteiger partial charge in [0.15, 0.2) is 17.7 Å². The maximum absolute atomic E-state index is 11.5. The lowest BCUT2D eigenvalue weighted by molar-refractivity contribution is -0.139. The molecule has 0 spiro atoms. The van der Waals surface area contributed by atoms with E-state index >= 15 is 0 Å². The number of esters is 1. The number of fused-ring (bicyclic) bond motifs is 1. The van der Waals surface area contributed by atoms with E-state index in [-0.39, 0.29) is 25.1 Å². The molecular weight excluding hydrogens is 451 g/mol. The normalized spacial score (nSPS) is 25.7. The molecule has 31 heavy (non-hydrogen) atoms. The molecule has 2 aromatic heterocycles. The minimum atomic E-state index is -3.11. The van der Waals surface area contributed by atoms with E-state index in [1.165, 1.54) is 24.3 Å². The zero-order valence-electron chi connectivity index (χ0n) is 17.1. The fraction of sp³-hybridized carbons (Fsp3) is 0.625. The Morgan fingerprint density at radius 1 is 1.39 bits per heavy atom. The van der Waals surface area contributed by atoms with E-state index in [9.17, 15) is 15.0 Å². The van der Waals surface area contributed by atoms with Crippen LogP contribution in [0.1, 0.15) is 20.1 Å². The zero-order valence-corrected chi connectivity index (χ0v) is 18.8. The molecule has 1 aliphatic rings. The van der Waals surface area contributed by atoms with E-state index in [4.69, 9.17) is 31.3 Å². The van der Waals surface area contributed by atoms with Crippen molar-refractivity contribution in [1.82, 2.24) is 24.6 Å². The lowest BCUT2D eigenvalue weighted by atomic mass is 10.1. The third kappa shape index (κ3) is 5.35. The minimum Gasteiger partial charge on any atom is -0.468 e. The summed E-state index contributed by atoms with van der Waals surface area (Å²) in [7, 11) is 1.25. The molecule has 0 amide bonds. The first-order valence-electron chi connectivity index (χ1n) is 9.34. The van der Waals surface area contributed by atoms with Crippen LogP contribution in [0.25, 0.3) is 11.2 Å². The number of nitrogen functional groups attached to an aromatic ring is 1. The number of aliphatic hydroxyl groups is 2. The number of hydrogen-bond acceptors (Lipinski definition) is 12. The number of nitrogens with one attached hydrogen (secondary N) is 1. The molecule has 13 nitrogen and oxygen atoms in total. The van der Waals surface area contributed by atoms with E-state index in [2.05, 4.69) is 24.8 Å². The molecule has 1 saturated heterocycles. The predicted molar refractivity (Wildman–Crippen MR) is 112 cm³/mol. The van der Waals surface area contributed by atoms with Crippen LogP contribution in [0.3, 0.4) is 0 Å². The van der Waals surface area contributed by atoms with Crippen LogP contribution in [0, 0.1) is 0 Å². The highest BCUT2D eigenvalue weighted by atomic mass is 32.5. The first kappa shape index (κ1) is 23.9. The number of carbonyl (C=O) groups excluding carboxylic acids is 1. The largest absolute Gasteiger partial charge is 0.468 e. The standard InChI is InChI=1S/C16H25N6O7PS/c1-8(2)29-30(31,21-4-10(23)26-3)27-5-9-12(24)13(25)16(28-9)22-7-20-11-14(17)18-6-19-15(11)22/h6-9,12-13,16,24-25H,4-5H2,1-3H3,(H,21,31)(H2,17,18,19)/t9-,12-,13-,16-,30?/m1/s1. The molecular formula is C16H25N6O7PS. The van der Waals surface area contributed by atoms with Gasteiger partial charge in [0.1, 0.15) is 36.7 Å². The first-order chi connectivity index (χ1) is 14.6. The number of aliphatic hydroxyl groups excluding tert-OH is 2. The van der Waals surface area contributed by atoms with Crippen molar-refractivity contribution in [3.05, 3.63) is 12.7 Å². The van der Waals surface area contributed by atoms with Gasteiger partial charge in [-0.1, -0.05) is 0 Å². The van der Waals surface area contributed by atoms with Crippen LogP contribution in [0.2, 0.25) is 0 Å². The highest BCUT2D eigenvalue weighted by Gasteiger charge is 2.45. The fourth-order valence-corrected chi connectivity index (χ4v) is 5.29. The molecule has 1 fully saturated rings. The quantitative estimate of drug-likeness (QED) is 0.268. The zero-order chi connectivity index (χ0) is 22.8. The maximum atomic E-state index is 11.5. The smallest absolute Gasteiger partial charge is 0.320 e. The summed E-state index contributed by atoms with van der Waals surface area (Å²) in [4.78, 5) is 23.6. The van der Waals surface area contributed by atoms with Crippen LogP contribution in [0.15, 0.2) is 12.7 Å². The molecule has 2 aromatic rings. The summed E-state index contributed by atoms with van der Waals surface area (Å²) in [5.74, 6) is -0.356. The Labute approximate surface area is 183 Å². The Bertz CT molecular complexity index is 975. The molecule has 3 rings (SSSR count). The van der Waals surface area contributed by atoms with Gasteiger partial charge in [-0.3, -0.25) is 9.36 Å². The van der Waals surface area contributed by atoms with Crippen molar-refractivity contribution >= 4 is 41.4 Å². The van der Waals surface area contributed by atoms with Crippen LogP contribution in [-0.2, 0) is 35.1 Å². The molecule has 0 radical (unpaired) electrons. The van der Waals surface area contributed by atoms with Crippen LogP contribution in [0.5, 0.6) is 0 Å². The summed E-state index contributed by atoms with van der Waals surface area (Å²) >= 11 is 5.44. The average Bonchev–Trinajstić information content (AvgIpc) is 3.27. The minimum absolute atomic E-state index is 0.180. The predicted octanol–water partition coefficient (Wildman–Crippen LogP) is -0.544. The van der Waals surface area contributed by atoms with Gasteiger partial charge in [0.05, 0.1) is 26.1 Å². The SMILES string of the molecule is COC(=O)CNP(=S)(OC[C@H]1O[C@@H](n2cnc3c(N)ncnc32)[C@H](O)[C@@H]1O)OC(C)C. The van der Waals surface area contributed by atoms with Crippen molar-refractivity contribution in [1.29, 1.82) is 0 Å². The monoisotopic (exact) mass is 476 g/mol. The van der Waals surface area contributed by atoms with Gasteiger partial charge < -0.3 is 34.5 Å². The van der Waals surface area contributed by atoms with Gasteiger partial charge in [-0.25, -0.2) is 20.0 Å². The van der Waals surface area contributed by atoms with Crippen molar-refractivity contribution < 1.29 is 33.5 Å². The van der Waals surface area contributed by atoms with Gasteiger partial charge >= 0.3 is 5.97 Å². The van der Waals surface area contributed by atoms with Crippen molar-refractivity contribution in [2.75, 3.05) is 26.0 Å². The van der Waals surface area contributed by atoms with Gasteiger partial charge in [-0.05, 0) is 25.7 Å². The summed E-state index contributed by atoms with van der Waals surface area (Å²) in [5.41, 5.74) is 6.48. The Hall–Kier alpha value is -1.77. The van der Waals surface area contributed by atoms with E-state index in [0.29, 0.717) is 11.2 Å². The number of nitrogens with zero attached hydrogens (tertiary/aromatic N) is 4. The number of ether oxygens (including phenoxy) is 2. The fourth-order valence-electron chi connectivity index (χ4n) is 2.95. The molecule has 0 bridgehead atoms. The van der Waals surface area contributed by atoms with Crippen molar-refractivity contribution in [3.8, 4) is 0 Å². The molecule has 5 N–H and O–H groups in total. The lowest BCUT2D eigenvalue weighted by Gasteiger charge is -2.26. The number of rotatable bonds is 9. The average molecular weight is 476 g/mol. The molecule has 0 aliphatic carbocycles. The summed E-state index contributed by atoms with van der Waals surface area (Å²) in [6.45, 7) is 0.0156. The van der Waals surface area contributed by atoms with Crippen LogP contribution in [0.4, 0.5) is 5.82 Å². The third-order valence-corrected chi connectivity index (χ3v) is 7.10. The summed E-state index contributed by atoms with van der Waals surface area (Å²) in [6, 6.07) is 0. The van der Waals surface area contributed by atoms with Gasteiger partial charge in [0.25, 0.3) is 6.64 Å². The highest BCUT2D eigenvalue weighted by Crippen LogP contribution is 2.46. The Balaban J connectivity index is 1.72. The summed E-state index contributed by atoms with van der Waals surface area (Å²) in [5, 5.41) is 23.8. The molecule has 5 atom stereocenters. The molecule has 0 saturated carbocycles. The molecule has 15 heteroatoms. The molecule has 1 unspecified atom stereocenters. The number of imidazole rings is 1. The van der Waals surface area contributed by atoms with Crippen molar-refractivity contribution in [2.24, 2.45) is 0 Å². The van der Waals surface area contributed by atoms with Crippen LogP contribution >= 0.6 is 6.64 Å². The first-order valence-corrected chi connectivity index (χ1v) is 12.0. The molecule has 172 valence electrons. The maximum Gasteiger partial charge on any atom is 0.320 e. The Morgan fingerprint density at radius 2 is 2.13 bits per heavy atom. The highest BCUT2D eigenvalue weighted by molar-refractivity contribution is 8.09. The van der Waals surface area contributed by atoms with E-state index in [0.717, 1.165) is 0 Å². The Kier molecular flexibility index (Phi) is 7.55. The number of carbonyl (C=O) groups is 1. The summed E-state index contributed by atoms with van der Waals surface area (Å²) in [6.07, 6.45) is -2.14. The summed E-state index contributed by atoms with van der Waals surface area (Å²) < 4.78 is 23.3. The molecule has 0 aromatic carbocycles. The number of aromatic nitrogens is 4. The number of hydrogen-bond donors (Lipinski definition) is 4. The molecule has 3 heterocycles. The number of anilines is 1. The van der Waals surface area contributed by atoms with Gasteiger partial charge in [0.2, 0.25) is 0 Å². The van der Waals surface area contributed by atoms with Crippen LogP contribution in [-0.4, -0.2) is 80.4 Å². The van der Waals surface area contributed by atoms with Gasteiger partial charge in [0, 0.05) is 0 Å². The van der Waals surface area contributed by atoms with Crippen LogP contribution < -0.4 is 10.8 Å².